The third-order valence-corrected chi connectivity index (χ3v) is 6.48. The number of benzene rings is 4. The van der Waals surface area contributed by atoms with E-state index in [1.807, 2.05) is 12.1 Å². The van der Waals surface area contributed by atoms with E-state index in [0.29, 0.717) is 0 Å². The lowest BCUT2D eigenvalue weighted by Gasteiger charge is -1.98. The molecule has 4 heteroatoms. The molecule has 4 nitrogen and oxygen atoms in total. The monoisotopic (exact) mass is 492 g/mol. The van der Waals surface area contributed by atoms with Crippen molar-refractivity contribution in [2.75, 3.05) is 0 Å². The average molecular weight is 493 g/mol. The Hall–Kier alpha value is -5.14. The fourth-order valence-corrected chi connectivity index (χ4v) is 4.45. The Morgan fingerprint density at radius 3 is 1.26 bits per heavy atom. The van der Waals surface area contributed by atoms with Crippen molar-refractivity contribution in [1.82, 2.24) is 9.13 Å². The SMILES string of the molecule is C(#Cc1ccc(-n2cc[n+](Cc3ccccc3)c2)cc1)c1ccc(-n2cc[n+](Cc3ccccc3)c2)cc1. The highest BCUT2D eigenvalue weighted by Crippen LogP contribution is 2.11. The van der Waals surface area contributed by atoms with Gasteiger partial charge in [-0.05, 0) is 59.7 Å². The van der Waals surface area contributed by atoms with Crippen LogP contribution < -0.4 is 9.13 Å². The van der Waals surface area contributed by atoms with Crippen molar-refractivity contribution in [3.05, 3.63) is 169 Å². The van der Waals surface area contributed by atoms with Crippen LogP contribution in [0.4, 0.5) is 0 Å². The minimum atomic E-state index is 0.855. The minimum Gasteiger partial charge on any atom is -0.232 e. The van der Waals surface area contributed by atoms with Crippen LogP contribution in [0.25, 0.3) is 11.4 Å². The van der Waals surface area contributed by atoms with Gasteiger partial charge >= 0.3 is 0 Å². The molecule has 38 heavy (non-hydrogen) atoms. The van der Waals surface area contributed by atoms with E-state index in [4.69, 9.17) is 0 Å². The van der Waals surface area contributed by atoms with Gasteiger partial charge in [-0.2, -0.15) is 0 Å². The van der Waals surface area contributed by atoms with Crippen LogP contribution in [0.1, 0.15) is 22.3 Å². The Morgan fingerprint density at radius 2 is 0.868 bits per heavy atom. The molecule has 0 aliphatic rings. The smallest absolute Gasteiger partial charge is 0.232 e. The van der Waals surface area contributed by atoms with E-state index in [-0.39, 0.29) is 0 Å². The van der Waals surface area contributed by atoms with E-state index in [9.17, 15) is 0 Å². The first kappa shape index (κ1) is 23.3. The fourth-order valence-electron chi connectivity index (χ4n) is 4.45. The topological polar surface area (TPSA) is 17.6 Å². The van der Waals surface area contributed by atoms with Crippen LogP contribution in [0, 0.1) is 11.8 Å². The molecule has 0 N–H and O–H groups in total. The second-order valence-electron chi connectivity index (χ2n) is 9.30. The molecule has 0 amide bonds. The summed E-state index contributed by atoms with van der Waals surface area (Å²) in [6.45, 7) is 1.71. The van der Waals surface area contributed by atoms with Gasteiger partial charge in [0, 0.05) is 11.1 Å². The van der Waals surface area contributed by atoms with Crippen molar-refractivity contribution in [1.29, 1.82) is 0 Å². The second-order valence-corrected chi connectivity index (χ2v) is 9.30. The third kappa shape index (κ3) is 5.64. The highest BCUT2D eigenvalue weighted by Gasteiger charge is 2.08. The normalized spacial score (nSPS) is 10.6. The molecular formula is C34H28N4+2. The van der Waals surface area contributed by atoms with E-state index >= 15 is 0 Å². The quantitative estimate of drug-likeness (QED) is 0.221. The fraction of sp³-hybridized carbons (Fsp3) is 0.0588. The summed E-state index contributed by atoms with van der Waals surface area (Å²) >= 11 is 0. The van der Waals surface area contributed by atoms with Crippen LogP contribution in [-0.4, -0.2) is 9.13 Å². The molecule has 0 bridgehead atoms. The molecule has 6 aromatic rings. The highest BCUT2D eigenvalue weighted by atomic mass is 15.1. The Labute approximate surface area is 223 Å². The molecule has 0 aliphatic carbocycles. The molecule has 182 valence electrons. The number of rotatable bonds is 6. The predicted molar refractivity (Wildman–Crippen MR) is 149 cm³/mol. The number of imidazole rings is 2. The lowest BCUT2D eigenvalue weighted by Crippen LogP contribution is -2.31. The Morgan fingerprint density at radius 1 is 0.474 bits per heavy atom. The van der Waals surface area contributed by atoms with Crippen molar-refractivity contribution in [3.8, 4) is 23.2 Å². The van der Waals surface area contributed by atoms with E-state index in [2.05, 4.69) is 165 Å². The Balaban J connectivity index is 1.09. The number of hydrogen-bond acceptors (Lipinski definition) is 0. The minimum absolute atomic E-state index is 0.855. The van der Waals surface area contributed by atoms with Crippen molar-refractivity contribution >= 4 is 0 Å². The standard InChI is InChI=1S/C34H28N4/c1-3-7-31(8-4-1)25-35-21-23-37(27-35)33-17-13-29(14-18-33)11-12-30-15-19-34(20-16-30)38-24-22-36(28-38)26-32-9-5-2-6-10-32/h1-10,13-24,27-28H,25-26H2/q+2. The molecule has 2 heterocycles. The zero-order valence-electron chi connectivity index (χ0n) is 21.1. The number of hydrogen-bond donors (Lipinski definition) is 0. The lowest BCUT2D eigenvalue weighted by molar-refractivity contribution is -0.687. The van der Waals surface area contributed by atoms with Crippen molar-refractivity contribution in [2.45, 2.75) is 13.1 Å². The largest absolute Gasteiger partial charge is 0.249 e. The Bertz CT molecular complexity index is 1550. The number of aromatic nitrogens is 4. The summed E-state index contributed by atoms with van der Waals surface area (Å²) in [7, 11) is 0. The summed E-state index contributed by atoms with van der Waals surface area (Å²) in [4.78, 5) is 0. The van der Waals surface area contributed by atoms with Gasteiger partial charge in [-0.25, -0.2) is 18.3 Å². The van der Waals surface area contributed by atoms with Crippen LogP contribution in [0.2, 0.25) is 0 Å². The van der Waals surface area contributed by atoms with Gasteiger partial charge in [-0.15, -0.1) is 0 Å². The van der Waals surface area contributed by atoms with E-state index in [1.165, 1.54) is 11.1 Å². The molecular weight excluding hydrogens is 464 g/mol. The van der Waals surface area contributed by atoms with Gasteiger partial charge in [-0.3, -0.25) is 0 Å². The molecule has 2 aromatic heterocycles. The maximum absolute atomic E-state index is 3.29. The molecule has 4 aromatic carbocycles. The summed E-state index contributed by atoms with van der Waals surface area (Å²) < 4.78 is 8.62. The van der Waals surface area contributed by atoms with Gasteiger partial charge in [0.05, 0.1) is 0 Å². The molecule has 0 spiro atoms. The van der Waals surface area contributed by atoms with Gasteiger partial charge in [0.25, 0.3) is 0 Å². The van der Waals surface area contributed by atoms with E-state index in [1.54, 1.807) is 0 Å². The summed E-state index contributed by atoms with van der Waals surface area (Å²) in [6, 6.07) is 37.7. The average Bonchev–Trinajstić information content (AvgIpc) is 3.64. The van der Waals surface area contributed by atoms with Gasteiger partial charge in [-0.1, -0.05) is 72.5 Å². The van der Waals surface area contributed by atoms with Gasteiger partial charge in [0.15, 0.2) is 0 Å². The Kier molecular flexibility index (Phi) is 6.65. The number of nitrogens with zero attached hydrogens (tertiary/aromatic N) is 4. The molecule has 0 atom stereocenters. The molecule has 6 rings (SSSR count). The lowest BCUT2D eigenvalue weighted by atomic mass is 10.1. The summed E-state index contributed by atoms with van der Waals surface area (Å²) in [6.07, 6.45) is 12.6. The van der Waals surface area contributed by atoms with Crippen molar-refractivity contribution in [3.63, 3.8) is 0 Å². The van der Waals surface area contributed by atoms with Crippen LogP contribution >= 0.6 is 0 Å². The molecule has 0 fully saturated rings. The van der Waals surface area contributed by atoms with E-state index < -0.39 is 0 Å². The maximum atomic E-state index is 3.29. The zero-order chi connectivity index (χ0) is 25.6. The first-order valence-electron chi connectivity index (χ1n) is 12.7. The zero-order valence-corrected chi connectivity index (χ0v) is 21.1. The second kappa shape index (κ2) is 10.9. The van der Waals surface area contributed by atoms with Gasteiger partial charge in [0.1, 0.15) is 49.3 Å². The van der Waals surface area contributed by atoms with Crippen molar-refractivity contribution < 1.29 is 9.13 Å². The molecule has 0 unspecified atom stereocenters. The molecule has 0 saturated carbocycles. The first-order chi connectivity index (χ1) is 18.8. The third-order valence-electron chi connectivity index (χ3n) is 6.48. The first-order valence-corrected chi connectivity index (χ1v) is 12.7. The highest BCUT2D eigenvalue weighted by molar-refractivity contribution is 5.47. The molecule has 0 radical (unpaired) electrons. The van der Waals surface area contributed by atoms with Crippen LogP contribution in [0.3, 0.4) is 0 Å². The van der Waals surface area contributed by atoms with Gasteiger partial charge < -0.3 is 0 Å². The van der Waals surface area contributed by atoms with Crippen molar-refractivity contribution in [2.24, 2.45) is 0 Å². The predicted octanol–water partition coefficient (Wildman–Crippen LogP) is 5.34. The molecule has 0 aliphatic heterocycles. The molecule has 0 saturated heterocycles. The van der Waals surface area contributed by atoms with Crippen LogP contribution in [0.15, 0.2) is 147 Å². The van der Waals surface area contributed by atoms with Gasteiger partial charge in [0.2, 0.25) is 12.7 Å². The summed E-state index contributed by atoms with van der Waals surface area (Å²) in [5.41, 5.74) is 6.79. The van der Waals surface area contributed by atoms with E-state index in [0.717, 1.165) is 35.6 Å². The summed E-state index contributed by atoms with van der Waals surface area (Å²) in [5, 5.41) is 0. The van der Waals surface area contributed by atoms with Crippen LogP contribution in [-0.2, 0) is 13.1 Å². The van der Waals surface area contributed by atoms with Crippen LogP contribution in [0.5, 0.6) is 0 Å². The maximum Gasteiger partial charge on any atom is 0.249 e. The summed E-state index contributed by atoms with van der Waals surface area (Å²) in [5.74, 6) is 6.59.